The molecule has 310 valence electrons. The van der Waals surface area contributed by atoms with Crippen LogP contribution < -0.4 is 0 Å². The second-order valence-corrected chi connectivity index (χ2v) is 15.3. The number of rotatable bonds is 41. The first-order chi connectivity index (χ1) is 26.0. The Kier molecular flexibility index (Phi) is 40.9. The molecule has 0 fully saturated rings. The number of hydrogen-bond donors (Lipinski definition) is 0. The van der Waals surface area contributed by atoms with Gasteiger partial charge in [-0.3, -0.25) is 14.4 Å². The molecule has 0 amide bonds. The van der Waals surface area contributed by atoms with Crippen LogP contribution in [0.3, 0.4) is 0 Å². The van der Waals surface area contributed by atoms with E-state index < -0.39 is 6.10 Å². The van der Waals surface area contributed by atoms with Crippen molar-refractivity contribution in [1.82, 2.24) is 0 Å². The van der Waals surface area contributed by atoms with Crippen molar-refractivity contribution in [2.75, 3.05) is 13.2 Å². The van der Waals surface area contributed by atoms with E-state index in [0.29, 0.717) is 19.3 Å². The third-order valence-corrected chi connectivity index (χ3v) is 9.93. The fraction of sp³-hybridized carbons (Fsp3) is 0.851. The fourth-order valence-corrected chi connectivity index (χ4v) is 6.42. The smallest absolute Gasteiger partial charge is 0.306 e. The predicted molar refractivity (Wildman–Crippen MR) is 224 cm³/mol. The average Bonchev–Trinajstić information content (AvgIpc) is 3.15. The number of ether oxygens (including phenoxy) is 3. The summed E-state index contributed by atoms with van der Waals surface area (Å²) in [5.41, 5.74) is 0. The van der Waals surface area contributed by atoms with E-state index in [4.69, 9.17) is 14.2 Å². The highest BCUT2D eigenvalue weighted by Gasteiger charge is 2.19. The molecular formula is C47H86O6. The summed E-state index contributed by atoms with van der Waals surface area (Å²) in [4.78, 5) is 37.6. The Morgan fingerprint density at radius 3 is 1.00 bits per heavy atom. The molecule has 1 atom stereocenters. The lowest BCUT2D eigenvalue weighted by molar-refractivity contribution is -0.167. The minimum absolute atomic E-state index is 0.0749. The summed E-state index contributed by atoms with van der Waals surface area (Å²) in [7, 11) is 0. The van der Waals surface area contributed by atoms with Crippen molar-refractivity contribution in [2.45, 2.75) is 245 Å². The van der Waals surface area contributed by atoms with Crippen molar-refractivity contribution in [3.8, 4) is 0 Å². The van der Waals surface area contributed by atoms with Crippen LogP contribution >= 0.6 is 0 Å². The SMILES string of the molecule is CCCC/C=C\CCCCCCCC(=O)O[C@@H](COC(=O)CCCCCCC/C=C\CCCCCCCC)COC(=O)CCCCCCCCCCC. The first-order valence-corrected chi connectivity index (χ1v) is 22.8. The molecule has 0 spiro atoms. The molecule has 6 nitrogen and oxygen atoms in total. The van der Waals surface area contributed by atoms with E-state index >= 15 is 0 Å². The van der Waals surface area contributed by atoms with E-state index in [1.807, 2.05) is 0 Å². The minimum Gasteiger partial charge on any atom is -0.462 e. The molecule has 0 aromatic heterocycles. The zero-order chi connectivity index (χ0) is 38.7. The maximum Gasteiger partial charge on any atom is 0.306 e. The van der Waals surface area contributed by atoms with Crippen LogP contribution in [0.15, 0.2) is 24.3 Å². The third-order valence-electron chi connectivity index (χ3n) is 9.93. The van der Waals surface area contributed by atoms with E-state index in [2.05, 4.69) is 45.1 Å². The number of carbonyl (C=O) groups is 3. The highest BCUT2D eigenvalue weighted by Crippen LogP contribution is 2.14. The molecule has 0 saturated carbocycles. The summed E-state index contributed by atoms with van der Waals surface area (Å²) in [6, 6.07) is 0. The van der Waals surface area contributed by atoms with Gasteiger partial charge in [0.1, 0.15) is 13.2 Å². The molecule has 0 aromatic carbocycles. The second-order valence-electron chi connectivity index (χ2n) is 15.3. The van der Waals surface area contributed by atoms with Crippen LogP contribution in [-0.2, 0) is 28.6 Å². The maximum atomic E-state index is 12.7. The molecule has 0 aliphatic carbocycles. The van der Waals surface area contributed by atoms with Crippen molar-refractivity contribution in [3.63, 3.8) is 0 Å². The van der Waals surface area contributed by atoms with E-state index in [-0.39, 0.29) is 31.1 Å². The van der Waals surface area contributed by atoms with Crippen molar-refractivity contribution in [1.29, 1.82) is 0 Å². The number of allylic oxidation sites excluding steroid dienone is 4. The van der Waals surface area contributed by atoms with E-state index in [1.165, 1.54) is 122 Å². The first kappa shape index (κ1) is 50.9. The van der Waals surface area contributed by atoms with Crippen molar-refractivity contribution >= 4 is 17.9 Å². The van der Waals surface area contributed by atoms with Gasteiger partial charge in [-0.15, -0.1) is 0 Å². The standard InChI is InChI=1S/C47H86O6/c1-4-7-10-13-16-19-21-22-23-24-26-28-31-34-37-40-46(49)52-43-44(42-51-45(48)39-36-33-30-27-18-15-12-9-6-3)53-47(50)41-38-35-32-29-25-20-17-14-11-8-5-2/h14,17,22-23,44H,4-13,15-16,18-21,24-43H2,1-3H3/b17-14-,23-22-/t44-/m1/s1. The normalized spacial score (nSPS) is 12.1. The topological polar surface area (TPSA) is 78.9 Å². The maximum absolute atomic E-state index is 12.7. The van der Waals surface area contributed by atoms with Gasteiger partial charge in [0.2, 0.25) is 0 Å². The molecule has 0 aliphatic heterocycles. The van der Waals surface area contributed by atoms with Crippen LogP contribution in [-0.4, -0.2) is 37.2 Å². The van der Waals surface area contributed by atoms with Crippen LogP contribution in [0.5, 0.6) is 0 Å². The molecule has 0 bridgehead atoms. The fourth-order valence-electron chi connectivity index (χ4n) is 6.42. The van der Waals surface area contributed by atoms with Crippen molar-refractivity contribution in [2.24, 2.45) is 0 Å². The molecule has 0 saturated heterocycles. The molecular weight excluding hydrogens is 661 g/mol. The van der Waals surface area contributed by atoms with Crippen molar-refractivity contribution in [3.05, 3.63) is 24.3 Å². The van der Waals surface area contributed by atoms with Gasteiger partial charge >= 0.3 is 17.9 Å². The van der Waals surface area contributed by atoms with Crippen LogP contribution in [0.2, 0.25) is 0 Å². The van der Waals surface area contributed by atoms with Gasteiger partial charge in [-0.05, 0) is 64.2 Å². The van der Waals surface area contributed by atoms with E-state index in [0.717, 1.165) is 77.0 Å². The number of hydrogen-bond acceptors (Lipinski definition) is 6. The third kappa shape index (κ3) is 40.9. The quantitative estimate of drug-likeness (QED) is 0.0268. The van der Waals surface area contributed by atoms with Gasteiger partial charge in [-0.1, -0.05) is 180 Å². The number of unbranched alkanes of at least 4 members (excludes halogenated alkanes) is 26. The average molecular weight is 747 g/mol. The van der Waals surface area contributed by atoms with Crippen LogP contribution in [0.25, 0.3) is 0 Å². The molecule has 6 heteroatoms. The molecule has 0 aliphatic rings. The van der Waals surface area contributed by atoms with Crippen LogP contribution in [0.4, 0.5) is 0 Å². The summed E-state index contributed by atoms with van der Waals surface area (Å²) in [6.07, 6.45) is 45.9. The second kappa shape index (κ2) is 42.6. The lowest BCUT2D eigenvalue weighted by Gasteiger charge is -2.18. The Morgan fingerprint density at radius 1 is 0.358 bits per heavy atom. The monoisotopic (exact) mass is 747 g/mol. The molecule has 0 N–H and O–H groups in total. The highest BCUT2D eigenvalue weighted by molar-refractivity contribution is 5.71. The van der Waals surface area contributed by atoms with E-state index in [1.54, 1.807) is 0 Å². The Bertz CT molecular complexity index is 865. The van der Waals surface area contributed by atoms with Gasteiger partial charge in [-0.25, -0.2) is 0 Å². The Labute approximate surface area is 328 Å². The van der Waals surface area contributed by atoms with E-state index in [9.17, 15) is 14.4 Å². The lowest BCUT2D eigenvalue weighted by atomic mass is 10.1. The highest BCUT2D eigenvalue weighted by atomic mass is 16.6. The largest absolute Gasteiger partial charge is 0.462 e. The molecule has 0 radical (unpaired) electrons. The molecule has 0 rings (SSSR count). The summed E-state index contributed by atoms with van der Waals surface area (Å²) >= 11 is 0. The zero-order valence-electron chi connectivity index (χ0n) is 35.3. The molecule has 53 heavy (non-hydrogen) atoms. The van der Waals surface area contributed by atoms with Gasteiger partial charge in [-0.2, -0.15) is 0 Å². The summed E-state index contributed by atoms with van der Waals surface area (Å²) in [6.45, 7) is 6.56. The first-order valence-electron chi connectivity index (χ1n) is 22.8. The van der Waals surface area contributed by atoms with Crippen LogP contribution in [0.1, 0.15) is 239 Å². The summed E-state index contributed by atoms with van der Waals surface area (Å²) in [5, 5.41) is 0. The van der Waals surface area contributed by atoms with Gasteiger partial charge in [0.15, 0.2) is 6.10 Å². The molecule has 0 unspecified atom stereocenters. The lowest BCUT2D eigenvalue weighted by Crippen LogP contribution is -2.30. The Hall–Kier alpha value is -2.11. The Balaban J connectivity index is 4.34. The number of esters is 3. The summed E-state index contributed by atoms with van der Waals surface area (Å²) in [5.74, 6) is -0.893. The Morgan fingerprint density at radius 2 is 0.642 bits per heavy atom. The molecule has 0 heterocycles. The summed E-state index contributed by atoms with van der Waals surface area (Å²) < 4.78 is 16.7. The van der Waals surface area contributed by atoms with Gasteiger partial charge in [0.25, 0.3) is 0 Å². The zero-order valence-corrected chi connectivity index (χ0v) is 35.3. The van der Waals surface area contributed by atoms with Gasteiger partial charge in [0, 0.05) is 19.3 Å². The van der Waals surface area contributed by atoms with Crippen molar-refractivity contribution < 1.29 is 28.6 Å². The van der Waals surface area contributed by atoms with Gasteiger partial charge in [0.05, 0.1) is 0 Å². The molecule has 0 aromatic rings. The predicted octanol–water partition coefficient (Wildman–Crippen LogP) is 14.4. The number of carbonyl (C=O) groups excluding carboxylic acids is 3. The van der Waals surface area contributed by atoms with Gasteiger partial charge < -0.3 is 14.2 Å². The van der Waals surface area contributed by atoms with Crippen LogP contribution in [0, 0.1) is 0 Å². The minimum atomic E-state index is -0.771.